The Kier molecular flexibility index (Phi) is 5.59. The van der Waals surface area contributed by atoms with Gasteiger partial charge in [-0.2, -0.15) is 0 Å². The summed E-state index contributed by atoms with van der Waals surface area (Å²) in [5.41, 5.74) is 1.17. The molecule has 0 aliphatic carbocycles. The van der Waals surface area contributed by atoms with Crippen LogP contribution in [0.15, 0.2) is 24.3 Å². The Hall–Kier alpha value is -1.59. The molecular formula is C16H24N2O3. The van der Waals surface area contributed by atoms with Gasteiger partial charge in [-0.05, 0) is 31.5 Å². The minimum Gasteiger partial charge on any atom is -0.497 e. The molecule has 0 amide bonds. The van der Waals surface area contributed by atoms with Gasteiger partial charge >= 0.3 is 5.97 Å². The lowest BCUT2D eigenvalue weighted by molar-refractivity contribution is -0.151. The summed E-state index contributed by atoms with van der Waals surface area (Å²) in [6, 6.07) is 7.94. The standard InChI is InChI=1S/C16H24N2O3/c1-4-21-16(19)15-11-17-9-10-18(15)12(2)13-5-7-14(20-3)8-6-13/h5-8,12,15,17H,4,9-11H2,1-3H3. The van der Waals surface area contributed by atoms with E-state index in [0.717, 1.165) is 18.8 Å². The number of benzene rings is 1. The van der Waals surface area contributed by atoms with Gasteiger partial charge in [-0.15, -0.1) is 0 Å². The molecule has 1 N–H and O–H groups in total. The number of carbonyl (C=O) groups excluding carboxylic acids is 1. The maximum absolute atomic E-state index is 12.1. The Morgan fingerprint density at radius 1 is 1.43 bits per heavy atom. The van der Waals surface area contributed by atoms with Gasteiger partial charge < -0.3 is 14.8 Å². The summed E-state index contributed by atoms with van der Waals surface area (Å²) in [6.45, 7) is 6.73. The first-order valence-corrected chi connectivity index (χ1v) is 7.44. The Morgan fingerprint density at radius 2 is 2.14 bits per heavy atom. The van der Waals surface area contributed by atoms with Crippen LogP contribution in [0.3, 0.4) is 0 Å². The molecule has 2 unspecified atom stereocenters. The number of hydrogen-bond acceptors (Lipinski definition) is 5. The Labute approximate surface area is 126 Å². The summed E-state index contributed by atoms with van der Waals surface area (Å²) in [4.78, 5) is 14.3. The molecule has 0 spiro atoms. The van der Waals surface area contributed by atoms with Crippen molar-refractivity contribution in [1.82, 2.24) is 10.2 Å². The van der Waals surface area contributed by atoms with Gasteiger partial charge in [0, 0.05) is 25.7 Å². The van der Waals surface area contributed by atoms with Crippen LogP contribution in [0.4, 0.5) is 0 Å². The number of ether oxygens (including phenoxy) is 2. The molecule has 5 heteroatoms. The molecule has 21 heavy (non-hydrogen) atoms. The second kappa shape index (κ2) is 7.43. The van der Waals surface area contributed by atoms with Gasteiger partial charge in [0.25, 0.3) is 0 Å². The minimum atomic E-state index is -0.226. The van der Waals surface area contributed by atoms with E-state index >= 15 is 0 Å². The van der Waals surface area contributed by atoms with E-state index in [9.17, 15) is 4.79 Å². The van der Waals surface area contributed by atoms with Crippen LogP contribution in [-0.4, -0.2) is 50.3 Å². The molecule has 2 rings (SSSR count). The third-order valence-corrected chi connectivity index (χ3v) is 3.94. The number of rotatable bonds is 5. The molecule has 5 nitrogen and oxygen atoms in total. The van der Waals surface area contributed by atoms with Crippen molar-refractivity contribution in [3.8, 4) is 5.75 Å². The summed E-state index contributed by atoms with van der Waals surface area (Å²) < 4.78 is 10.4. The molecule has 1 heterocycles. The van der Waals surface area contributed by atoms with Crippen LogP contribution in [0.2, 0.25) is 0 Å². The highest BCUT2D eigenvalue weighted by Gasteiger charge is 2.33. The van der Waals surface area contributed by atoms with Crippen LogP contribution < -0.4 is 10.1 Å². The molecule has 1 aliphatic rings. The highest BCUT2D eigenvalue weighted by atomic mass is 16.5. The monoisotopic (exact) mass is 292 g/mol. The normalized spacial score (nSPS) is 20.8. The van der Waals surface area contributed by atoms with Crippen molar-refractivity contribution in [2.75, 3.05) is 33.4 Å². The van der Waals surface area contributed by atoms with Crippen molar-refractivity contribution >= 4 is 5.97 Å². The Balaban J connectivity index is 2.13. The molecule has 116 valence electrons. The van der Waals surface area contributed by atoms with Crippen molar-refractivity contribution in [2.24, 2.45) is 0 Å². The fourth-order valence-corrected chi connectivity index (χ4v) is 2.71. The molecule has 0 aromatic heterocycles. The lowest BCUT2D eigenvalue weighted by atomic mass is 10.0. The van der Waals surface area contributed by atoms with Gasteiger partial charge in [0.15, 0.2) is 0 Å². The zero-order valence-electron chi connectivity index (χ0n) is 13.0. The van der Waals surface area contributed by atoms with Gasteiger partial charge in [0.2, 0.25) is 0 Å². The fraction of sp³-hybridized carbons (Fsp3) is 0.562. The number of esters is 1. The fourth-order valence-electron chi connectivity index (χ4n) is 2.71. The smallest absolute Gasteiger partial charge is 0.324 e. The van der Waals surface area contributed by atoms with E-state index in [-0.39, 0.29) is 18.1 Å². The van der Waals surface area contributed by atoms with Crippen molar-refractivity contribution in [3.63, 3.8) is 0 Å². The SMILES string of the molecule is CCOC(=O)C1CNCCN1C(C)c1ccc(OC)cc1. The average Bonchev–Trinajstić information content (AvgIpc) is 2.54. The van der Waals surface area contributed by atoms with E-state index in [1.807, 2.05) is 31.2 Å². The van der Waals surface area contributed by atoms with Crippen LogP contribution in [0.25, 0.3) is 0 Å². The molecule has 0 bridgehead atoms. The van der Waals surface area contributed by atoms with E-state index in [4.69, 9.17) is 9.47 Å². The number of nitrogens with one attached hydrogen (secondary N) is 1. The Morgan fingerprint density at radius 3 is 2.76 bits per heavy atom. The van der Waals surface area contributed by atoms with Gasteiger partial charge in [-0.3, -0.25) is 9.69 Å². The quantitative estimate of drug-likeness (QED) is 0.835. The lowest BCUT2D eigenvalue weighted by Gasteiger charge is -2.38. The highest BCUT2D eigenvalue weighted by Crippen LogP contribution is 2.25. The van der Waals surface area contributed by atoms with E-state index in [0.29, 0.717) is 13.2 Å². The second-order valence-electron chi connectivity index (χ2n) is 5.16. The molecule has 1 fully saturated rings. The van der Waals surface area contributed by atoms with Gasteiger partial charge in [0.1, 0.15) is 11.8 Å². The summed E-state index contributed by atoms with van der Waals surface area (Å²) >= 11 is 0. The van der Waals surface area contributed by atoms with Gasteiger partial charge in [0.05, 0.1) is 13.7 Å². The predicted octanol–water partition coefficient (Wildman–Crippen LogP) is 1.59. The third kappa shape index (κ3) is 3.74. The van der Waals surface area contributed by atoms with E-state index in [2.05, 4.69) is 17.1 Å². The first kappa shape index (κ1) is 15.8. The number of carbonyl (C=O) groups is 1. The lowest BCUT2D eigenvalue weighted by Crippen LogP contribution is -2.55. The molecule has 1 aromatic carbocycles. The first-order chi connectivity index (χ1) is 10.2. The van der Waals surface area contributed by atoms with Gasteiger partial charge in [-0.25, -0.2) is 0 Å². The molecule has 0 saturated carbocycles. The maximum atomic E-state index is 12.1. The van der Waals surface area contributed by atoms with Crippen LogP contribution in [-0.2, 0) is 9.53 Å². The topological polar surface area (TPSA) is 50.8 Å². The number of hydrogen-bond donors (Lipinski definition) is 1. The predicted molar refractivity (Wildman–Crippen MR) is 81.4 cm³/mol. The summed E-state index contributed by atoms with van der Waals surface area (Å²) in [7, 11) is 1.66. The van der Waals surface area contributed by atoms with Crippen LogP contribution in [0.1, 0.15) is 25.5 Å². The van der Waals surface area contributed by atoms with E-state index in [1.54, 1.807) is 7.11 Å². The van der Waals surface area contributed by atoms with Crippen molar-refractivity contribution in [1.29, 1.82) is 0 Å². The first-order valence-electron chi connectivity index (χ1n) is 7.44. The summed E-state index contributed by atoms with van der Waals surface area (Å²) in [5, 5.41) is 3.27. The van der Waals surface area contributed by atoms with E-state index in [1.165, 1.54) is 5.56 Å². The molecule has 0 radical (unpaired) electrons. The zero-order valence-corrected chi connectivity index (χ0v) is 13.0. The second-order valence-corrected chi connectivity index (χ2v) is 5.16. The molecule has 1 aliphatic heterocycles. The molecule has 1 saturated heterocycles. The minimum absolute atomic E-state index is 0.148. The average molecular weight is 292 g/mol. The molecule has 2 atom stereocenters. The third-order valence-electron chi connectivity index (χ3n) is 3.94. The summed E-state index contributed by atoms with van der Waals surface area (Å²) in [6.07, 6.45) is 0. The number of piperazine rings is 1. The zero-order chi connectivity index (χ0) is 15.2. The molecule has 1 aromatic rings. The highest BCUT2D eigenvalue weighted by molar-refractivity contribution is 5.76. The van der Waals surface area contributed by atoms with Crippen molar-refractivity contribution < 1.29 is 14.3 Å². The Bertz CT molecular complexity index is 461. The van der Waals surface area contributed by atoms with Gasteiger partial charge in [-0.1, -0.05) is 12.1 Å². The summed E-state index contributed by atoms with van der Waals surface area (Å²) in [5.74, 6) is 0.693. The maximum Gasteiger partial charge on any atom is 0.324 e. The number of methoxy groups -OCH3 is 1. The van der Waals surface area contributed by atoms with Crippen molar-refractivity contribution in [3.05, 3.63) is 29.8 Å². The van der Waals surface area contributed by atoms with E-state index < -0.39 is 0 Å². The van der Waals surface area contributed by atoms with Crippen LogP contribution in [0.5, 0.6) is 5.75 Å². The number of nitrogens with zero attached hydrogens (tertiary/aromatic N) is 1. The van der Waals surface area contributed by atoms with Crippen LogP contribution >= 0.6 is 0 Å². The molecular weight excluding hydrogens is 268 g/mol. The largest absolute Gasteiger partial charge is 0.497 e. The van der Waals surface area contributed by atoms with Crippen LogP contribution in [0, 0.1) is 0 Å². The van der Waals surface area contributed by atoms with Crippen molar-refractivity contribution in [2.45, 2.75) is 25.9 Å².